The Kier molecular flexibility index (Phi) is 3.40. The van der Waals surface area contributed by atoms with E-state index in [-0.39, 0.29) is 23.5 Å². The Hall–Kier alpha value is -2.13. The summed E-state index contributed by atoms with van der Waals surface area (Å²) < 4.78 is 0. The summed E-state index contributed by atoms with van der Waals surface area (Å²) in [6, 6.07) is 9.64. The SMILES string of the molecule is CC(=[N+]=[N-])C(=O)C1(C)N=NC(C)C1c1ccccc1. The largest absolute Gasteiger partial charge is 0.361 e. The van der Waals surface area contributed by atoms with Crippen molar-refractivity contribution < 1.29 is 9.58 Å². The maximum Gasteiger partial charge on any atom is 0.334 e. The minimum Gasteiger partial charge on any atom is -0.361 e. The second-order valence-electron chi connectivity index (χ2n) is 5.01. The molecule has 1 aromatic carbocycles. The van der Waals surface area contributed by atoms with E-state index in [2.05, 4.69) is 15.0 Å². The lowest BCUT2D eigenvalue weighted by Crippen LogP contribution is -2.43. The van der Waals surface area contributed by atoms with Crippen LogP contribution in [0.5, 0.6) is 0 Å². The highest BCUT2D eigenvalue weighted by molar-refractivity contribution is 6.40. The second-order valence-corrected chi connectivity index (χ2v) is 5.01. The fourth-order valence-electron chi connectivity index (χ4n) is 2.67. The summed E-state index contributed by atoms with van der Waals surface area (Å²) >= 11 is 0. The average molecular weight is 256 g/mol. The van der Waals surface area contributed by atoms with Gasteiger partial charge in [0.2, 0.25) is 0 Å². The Morgan fingerprint density at radius 1 is 1.37 bits per heavy atom. The van der Waals surface area contributed by atoms with Crippen molar-refractivity contribution in [3.63, 3.8) is 0 Å². The maximum atomic E-state index is 12.4. The van der Waals surface area contributed by atoms with Crippen molar-refractivity contribution in [1.82, 2.24) is 0 Å². The predicted molar refractivity (Wildman–Crippen MR) is 71.2 cm³/mol. The molecule has 0 amide bonds. The first-order valence-electron chi connectivity index (χ1n) is 6.21. The molecule has 0 fully saturated rings. The van der Waals surface area contributed by atoms with Gasteiger partial charge in [-0.3, -0.25) is 4.79 Å². The zero-order chi connectivity index (χ0) is 14.0. The Balaban J connectivity index is 2.47. The average Bonchev–Trinajstić information content (AvgIpc) is 2.75. The van der Waals surface area contributed by atoms with Crippen molar-refractivity contribution in [2.75, 3.05) is 0 Å². The number of ketones is 1. The van der Waals surface area contributed by atoms with Crippen LogP contribution in [-0.4, -0.2) is 27.9 Å². The van der Waals surface area contributed by atoms with Crippen molar-refractivity contribution >= 4 is 11.5 Å². The summed E-state index contributed by atoms with van der Waals surface area (Å²) in [5.41, 5.74) is 8.86. The van der Waals surface area contributed by atoms with Gasteiger partial charge in [0.1, 0.15) is 0 Å². The number of Topliss-reactive ketones (excluding diaryl/α,β-unsaturated/α-hetero) is 1. The van der Waals surface area contributed by atoms with E-state index in [1.807, 2.05) is 37.3 Å². The normalized spacial score (nSPS) is 29.0. The molecule has 0 aliphatic carbocycles. The lowest BCUT2D eigenvalue weighted by atomic mass is 9.75. The number of benzene rings is 1. The molecule has 5 heteroatoms. The number of hydrogen-bond acceptors (Lipinski definition) is 3. The monoisotopic (exact) mass is 256 g/mol. The van der Waals surface area contributed by atoms with Crippen LogP contribution in [0.1, 0.15) is 32.3 Å². The molecular weight excluding hydrogens is 240 g/mol. The molecule has 98 valence electrons. The molecule has 0 spiro atoms. The van der Waals surface area contributed by atoms with E-state index in [0.29, 0.717) is 0 Å². The summed E-state index contributed by atoms with van der Waals surface area (Å²) in [4.78, 5) is 15.4. The molecule has 0 bridgehead atoms. The second kappa shape index (κ2) is 4.86. The van der Waals surface area contributed by atoms with Crippen LogP contribution < -0.4 is 0 Å². The number of hydrogen-bond donors (Lipinski definition) is 0. The highest BCUT2D eigenvalue weighted by Gasteiger charge is 2.51. The van der Waals surface area contributed by atoms with E-state index in [0.717, 1.165) is 5.56 Å². The van der Waals surface area contributed by atoms with Crippen LogP contribution in [0.4, 0.5) is 0 Å². The van der Waals surface area contributed by atoms with Crippen LogP contribution in [0.3, 0.4) is 0 Å². The molecule has 1 aromatic rings. The van der Waals surface area contributed by atoms with Gasteiger partial charge in [-0.05, 0) is 19.4 Å². The third-order valence-electron chi connectivity index (χ3n) is 3.63. The van der Waals surface area contributed by atoms with Crippen molar-refractivity contribution in [3.05, 3.63) is 41.4 Å². The Labute approximate surface area is 112 Å². The van der Waals surface area contributed by atoms with Gasteiger partial charge >= 0.3 is 5.71 Å². The van der Waals surface area contributed by atoms with Gasteiger partial charge in [0.25, 0.3) is 5.78 Å². The molecule has 19 heavy (non-hydrogen) atoms. The molecule has 3 atom stereocenters. The molecular formula is C14H16N4O. The maximum absolute atomic E-state index is 12.4. The van der Waals surface area contributed by atoms with Crippen LogP contribution in [0.15, 0.2) is 40.6 Å². The first-order valence-corrected chi connectivity index (χ1v) is 6.21. The fraction of sp³-hybridized carbons (Fsp3) is 0.429. The van der Waals surface area contributed by atoms with Crippen LogP contribution in [-0.2, 0) is 4.79 Å². The van der Waals surface area contributed by atoms with Gasteiger partial charge in [0.15, 0.2) is 5.54 Å². The number of carbonyl (C=O) groups is 1. The van der Waals surface area contributed by atoms with Crippen molar-refractivity contribution in [2.24, 2.45) is 10.2 Å². The van der Waals surface area contributed by atoms with Crippen molar-refractivity contribution in [3.8, 4) is 0 Å². The standard InChI is InChI=1S/C14H16N4O/c1-9-12(11-7-5-4-6-8-11)14(3,18-17-9)13(19)10(2)16-15/h4-9,12H,1-3H3. The molecule has 1 aliphatic heterocycles. The molecule has 0 saturated carbocycles. The van der Waals surface area contributed by atoms with Gasteiger partial charge in [0.05, 0.1) is 6.04 Å². The van der Waals surface area contributed by atoms with Crippen LogP contribution in [0, 0.1) is 0 Å². The summed E-state index contributed by atoms with van der Waals surface area (Å²) in [6.45, 7) is 5.16. The number of nitrogens with zero attached hydrogens (tertiary/aromatic N) is 4. The number of rotatable bonds is 3. The molecule has 0 aromatic heterocycles. The molecule has 0 radical (unpaired) electrons. The highest BCUT2D eigenvalue weighted by Crippen LogP contribution is 2.41. The van der Waals surface area contributed by atoms with Gasteiger partial charge < -0.3 is 5.53 Å². The highest BCUT2D eigenvalue weighted by atomic mass is 16.1. The summed E-state index contributed by atoms with van der Waals surface area (Å²) in [5.74, 6) is -0.435. The van der Waals surface area contributed by atoms with Crippen molar-refractivity contribution in [1.29, 1.82) is 0 Å². The fourth-order valence-corrected chi connectivity index (χ4v) is 2.67. The third-order valence-corrected chi connectivity index (χ3v) is 3.63. The van der Waals surface area contributed by atoms with E-state index in [1.165, 1.54) is 6.92 Å². The molecule has 1 heterocycles. The van der Waals surface area contributed by atoms with Crippen LogP contribution in [0.2, 0.25) is 0 Å². The van der Waals surface area contributed by atoms with Gasteiger partial charge in [-0.2, -0.15) is 15.0 Å². The molecule has 1 aliphatic rings. The van der Waals surface area contributed by atoms with Gasteiger partial charge in [0, 0.05) is 12.8 Å². The van der Waals surface area contributed by atoms with Crippen LogP contribution in [0.25, 0.3) is 5.53 Å². The van der Waals surface area contributed by atoms with Gasteiger partial charge in [-0.1, -0.05) is 30.3 Å². The van der Waals surface area contributed by atoms with Crippen LogP contribution >= 0.6 is 0 Å². The molecule has 2 rings (SSSR count). The molecule has 3 unspecified atom stereocenters. The smallest absolute Gasteiger partial charge is 0.334 e. The first kappa shape index (κ1) is 13.3. The van der Waals surface area contributed by atoms with Gasteiger partial charge in [-0.15, -0.1) is 0 Å². The Bertz CT molecular complexity index is 574. The van der Waals surface area contributed by atoms with Gasteiger partial charge in [-0.25, -0.2) is 0 Å². The minimum absolute atomic E-state index is 0.0523. The predicted octanol–water partition coefficient (Wildman–Crippen LogP) is 2.64. The van der Waals surface area contributed by atoms with E-state index >= 15 is 0 Å². The summed E-state index contributed by atoms with van der Waals surface area (Å²) in [5, 5.41) is 8.31. The zero-order valence-corrected chi connectivity index (χ0v) is 11.2. The third kappa shape index (κ3) is 2.13. The zero-order valence-electron chi connectivity index (χ0n) is 11.2. The quantitative estimate of drug-likeness (QED) is 0.465. The lowest BCUT2D eigenvalue weighted by Gasteiger charge is -2.26. The lowest BCUT2D eigenvalue weighted by molar-refractivity contribution is -0.122. The summed E-state index contributed by atoms with van der Waals surface area (Å²) in [6.07, 6.45) is 0. The summed E-state index contributed by atoms with van der Waals surface area (Å²) in [7, 11) is 0. The van der Waals surface area contributed by atoms with E-state index < -0.39 is 5.54 Å². The van der Waals surface area contributed by atoms with Crippen molar-refractivity contribution in [2.45, 2.75) is 38.3 Å². The first-order chi connectivity index (χ1) is 9.00. The molecule has 5 nitrogen and oxygen atoms in total. The van der Waals surface area contributed by atoms with E-state index in [4.69, 9.17) is 5.53 Å². The minimum atomic E-state index is -1.00. The number of carbonyl (C=O) groups excluding carboxylic acids is 1. The van der Waals surface area contributed by atoms with E-state index in [1.54, 1.807) is 6.92 Å². The van der Waals surface area contributed by atoms with E-state index in [9.17, 15) is 4.79 Å². The Morgan fingerprint density at radius 3 is 2.58 bits per heavy atom. The topological polar surface area (TPSA) is 78.2 Å². The Morgan fingerprint density at radius 2 is 2.00 bits per heavy atom. The molecule has 0 saturated heterocycles. The number of azo groups is 1. The molecule has 0 N–H and O–H groups in total.